The summed E-state index contributed by atoms with van der Waals surface area (Å²) >= 11 is 1.81. The lowest BCUT2D eigenvalue weighted by molar-refractivity contribution is -0.0209. The molecule has 1 aromatic carbocycles. The van der Waals surface area contributed by atoms with Crippen LogP contribution in [-0.2, 0) is 0 Å². The number of piperidine rings is 1. The van der Waals surface area contributed by atoms with Crippen LogP contribution < -0.4 is 4.74 Å². The van der Waals surface area contributed by atoms with E-state index in [0.717, 1.165) is 34.2 Å². The number of benzene rings is 1. The summed E-state index contributed by atoms with van der Waals surface area (Å²) in [5, 5.41) is 0.992. The molecule has 0 radical (unpaired) electrons. The number of likely N-dealkylation sites (tertiary alicyclic amines) is 1. The molecule has 5 heteroatoms. The first kappa shape index (κ1) is 17.6. The Labute approximate surface area is 149 Å². The Kier molecular flexibility index (Phi) is 4.85. The van der Waals surface area contributed by atoms with Gasteiger partial charge in [-0.25, -0.2) is 4.98 Å². The molecule has 1 aliphatic heterocycles. The van der Waals surface area contributed by atoms with Gasteiger partial charge in [-0.1, -0.05) is 11.8 Å². The highest BCUT2D eigenvalue weighted by atomic mass is 32.2. The zero-order valence-electron chi connectivity index (χ0n) is 15.5. The van der Waals surface area contributed by atoms with Gasteiger partial charge in [0, 0.05) is 29.4 Å². The minimum absolute atomic E-state index is 0.281. The van der Waals surface area contributed by atoms with Crippen LogP contribution in [0.2, 0.25) is 0 Å². The Bertz CT molecular complexity index is 692. The van der Waals surface area contributed by atoms with Gasteiger partial charge in [0.2, 0.25) is 0 Å². The van der Waals surface area contributed by atoms with Crippen LogP contribution in [0, 0.1) is 0 Å². The van der Waals surface area contributed by atoms with Crippen LogP contribution in [0.4, 0.5) is 0 Å². The second-order valence-electron chi connectivity index (χ2n) is 7.90. The normalized spacial score (nSPS) is 20.4. The summed E-state index contributed by atoms with van der Waals surface area (Å²) in [6.45, 7) is 10.6. The molecule has 0 atom stereocenters. The third-order valence-corrected chi connectivity index (χ3v) is 6.11. The number of H-pyrrole nitrogens is 1. The Morgan fingerprint density at radius 2 is 1.92 bits per heavy atom. The molecule has 1 N–H and O–H groups in total. The fraction of sp³-hybridized carbons (Fsp3) is 0.632. The molecule has 4 nitrogen and oxygen atoms in total. The van der Waals surface area contributed by atoms with Crippen molar-refractivity contribution in [2.24, 2.45) is 0 Å². The molecule has 132 valence electrons. The van der Waals surface area contributed by atoms with Gasteiger partial charge in [0.1, 0.15) is 5.75 Å². The van der Waals surface area contributed by atoms with E-state index in [4.69, 9.17) is 4.74 Å². The first-order valence-corrected chi connectivity index (χ1v) is 9.75. The van der Waals surface area contributed by atoms with Gasteiger partial charge in [-0.15, -0.1) is 0 Å². The van der Waals surface area contributed by atoms with Crippen molar-refractivity contribution in [3.63, 3.8) is 0 Å². The molecule has 1 aromatic heterocycles. The van der Waals surface area contributed by atoms with Gasteiger partial charge in [0.05, 0.1) is 18.1 Å². The molecule has 0 amide bonds. The molecule has 0 aliphatic carbocycles. The Balaban J connectivity index is 1.65. The topological polar surface area (TPSA) is 41.1 Å². The molecule has 1 aliphatic rings. The average molecular weight is 348 g/mol. The predicted octanol–water partition coefficient (Wildman–Crippen LogP) is 4.71. The molecule has 3 rings (SSSR count). The summed E-state index contributed by atoms with van der Waals surface area (Å²) in [6.07, 6.45) is 3.89. The smallest absolute Gasteiger partial charge is 0.166 e. The molecular weight excluding hydrogens is 318 g/mol. The third kappa shape index (κ3) is 3.57. The lowest BCUT2D eigenvalue weighted by Gasteiger charge is -2.53. The highest BCUT2D eigenvalue weighted by Gasteiger charge is 2.40. The van der Waals surface area contributed by atoms with E-state index in [-0.39, 0.29) is 11.1 Å². The molecule has 0 unspecified atom stereocenters. The zero-order chi connectivity index (χ0) is 17.4. The summed E-state index contributed by atoms with van der Waals surface area (Å²) in [5.74, 6) is 1.89. The molecule has 0 bridgehead atoms. The van der Waals surface area contributed by atoms with Gasteiger partial charge in [0.25, 0.3) is 0 Å². The molecular formula is C19H29N3OS. The zero-order valence-corrected chi connectivity index (χ0v) is 16.3. The standard InChI is InChI=1S/C19H29N3OS/c1-18(2)9-6-10-19(3,4)22(18)11-12-24-17-20-15-8-7-14(23-5)13-16(15)21-17/h7-8,13H,6,9-12H2,1-5H3,(H,20,21). The third-order valence-electron chi connectivity index (χ3n) is 5.26. The monoisotopic (exact) mass is 347 g/mol. The number of thioether (sulfide) groups is 1. The predicted molar refractivity (Wildman–Crippen MR) is 102 cm³/mol. The Hall–Kier alpha value is -1.20. The minimum atomic E-state index is 0.281. The Morgan fingerprint density at radius 3 is 2.58 bits per heavy atom. The highest BCUT2D eigenvalue weighted by molar-refractivity contribution is 7.99. The quantitative estimate of drug-likeness (QED) is 0.796. The maximum absolute atomic E-state index is 5.27. The molecule has 2 heterocycles. The van der Waals surface area contributed by atoms with Crippen molar-refractivity contribution in [1.82, 2.24) is 14.9 Å². The molecule has 2 aromatic rings. The van der Waals surface area contributed by atoms with Crippen molar-refractivity contribution in [3.05, 3.63) is 18.2 Å². The van der Waals surface area contributed by atoms with Gasteiger partial charge in [-0.3, -0.25) is 4.90 Å². The van der Waals surface area contributed by atoms with Gasteiger partial charge in [-0.05, 0) is 59.1 Å². The summed E-state index contributed by atoms with van der Waals surface area (Å²) in [5.41, 5.74) is 2.60. The second kappa shape index (κ2) is 6.60. The van der Waals surface area contributed by atoms with Crippen molar-refractivity contribution in [3.8, 4) is 5.75 Å². The number of fused-ring (bicyclic) bond motifs is 1. The number of hydrogen-bond donors (Lipinski definition) is 1. The molecule has 1 saturated heterocycles. The van der Waals surface area contributed by atoms with E-state index in [1.165, 1.54) is 19.3 Å². The van der Waals surface area contributed by atoms with Crippen molar-refractivity contribution in [2.45, 2.75) is 63.2 Å². The number of hydrogen-bond acceptors (Lipinski definition) is 4. The van der Waals surface area contributed by atoms with Crippen LogP contribution in [0.3, 0.4) is 0 Å². The number of nitrogens with one attached hydrogen (secondary N) is 1. The first-order chi connectivity index (χ1) is 11.3. The van der Waals surface area contributed by atoms with Crippen LogP contribution in [0.1, 0.15) is 47.0 Å². The van der Waals surface area contributed by atoms with Gasteiger partial charge < -0.3 is 9.72 Å². The summed E-state index contributed by atoms with van der Waals surface area (Å²) in [7, 11) is 1.69. The fourth-order valence-corrected chi connectivity index (χ4v) is 4.85. The number of imidazole rings is 1. The highest BCUT2D eigenvalue weighted by Crippen LogP contribution is 2.38. The van der Waals surface area contributed by atoms with Crippen LogP contribution in [0.5, 0.6) is 5.75 Å². The second-order valence-corrected chi connectivity index (χ2v) is 8.99. The molecule has 24 heavy (non-hydrogen) atoms. The number of methoxy groups -OCH3 is 1. The van der Waals surface area contributed by atoms with Crippen molar-refractivity contribution < 1.29 is 4.74 Å². The fourth-order valence-electron chi connectivity index (χ4n) is 4.04. The maximum atomic E-state index is 5.27. The van der Waals surface area contributed by atoms with Crippen molar-refractivity contribution >= 4 is 22.8 Å². The van der Waals surface area contributed by atoms with E-state index in [1.807, 2.05) is 18.2 Å². The minimum Gasteiger partial charge on any atom is -0.497 e. The number of ether oxygens (including phenoxy) is 1. The van der Waals surface area contributed by atoms with Crippen LogP contribution in [0.15, 0.2) is 23.4 Å². The van der Waals surface area contributed by atoms with E-state index in [1.54, 1.807) is 18.9 Å². The van der Waals surface area contributed by atoms with Gasteiger partial charge in [-0.2, -0.15) is 0 Å². The summed E-state index contributed by atoms with van der Waals surface area (Å²) in [6, 6.07) is 5.97. The number of aromatic nitrogens is 2. The van der Waals surface area contributed by atoms with Crippen LogP contribution in [-0.4, -0.2) is 45.4 Å². The summed E-state index contributed by atoms with van der Waals surface area (Å²) in [4.78, 5) is 10.8. The lowest BCUT2D eigenvalue weighted by atomic mass is 9.80. The van der Waals surface area contributed by atoms with Crippen molar-refractivity contribution in [2.75, 3.05) is 19.4 Å². The lowest BCUT2D eigenvalue weighted by Crippen LogP contribution is -2.59. The van der Waals surface area contributed by atoms with Crippen LogP contribution in [0.25, 0.3) is 11.0 Å². The SMILES string of the molecule is COc1ccc2[nH]c(SCCN3C(C)(C)CCCC3(C)C)nc2c1. The number of nitrogens with zero attached hydrogens (tertiary/aromatic N) is 2. The van der Waals surface area contributed by atoms with E-state index < -0.39 is 0 Å². The summed E-state index contributed by atoms with van der Waals surface area (Å²) < 4.78 is 5.27. The number of aromatic amines is 1. The van der Waals surface area contributed by atoms with Gasteiger partial charge in [0.15, 0.2) is 5.16 Å². The average Bonchev–Trinajstić information content (AvgIpc) is 2.91. The first-order valence-electron chi connectivity index (χ1n) is 8.76. The Morgan fingerprint density at radius 1 is 1.21 bits per heavy atom. The number of rotatable bonds is 5. The maximum Gasteiger partial charge on any atom is 0.166 e. The molecule has 0 spiro atoms. The van der Waals surface area contributed by atoms with E-state index >= 15 is 0 Å². The van der Waals surface area contributed by atoms with E-state index in [9.17, 15) is 0 Å². The van der Waals surface area contributed by atoms with E-state index in [2.05, 4.69) is 42.6 Å². The van der Waals surface area contributed by atoms with Gasteiger partial charge >= 0.3 is 0 Å². The van der Waals surface area contributed by atoms with Crippen LogP contribution >= 0.6 is 11.8 Å². The largest absolute Gasteiger partial charge is 0.497 e. The van der Waals surface area contributed by atoms with Crippen molar-refractivity contribution in [1.29, 1.82) is 0 Å². The molecule has 0 saturated carbocycles. The van der Waals surface area contributed by atoms with E-state index in [0.29, 0.717) is 0 Å². The molecule has 1 fully saturated rings.